The van der Waals surface area contributed by atoms with Crippen molar-refractivity contribution in [2.45, 2.75) is 36.4 Å². The summed E-state index contributed by atoms with van der Waals surface area (Å²) in [4.78, 5) is 39.3. The molecule has 2 aromatic carbocycles. The van der Waals surface area contributed by atoms with Crippen molar-refractivity contribution in [1.82, 2.24) is 29.3 Å². The molecule has 0 aliphatic carbocycles. The molecule has 1 atom stereocenters. The molecule has 0 bridgehead atoms. The van der Waals surface area contributed by atoms with E-state index in [2.05, 4.69) is 30.1 Å². The van der Waals surface area contributed by atoms with Crippen molar-refractivity contribution in [2.75, 3.05) is 15.8 Å². The molecule has 6 rings (SSSR count). The van der Waals surface area contributed by atoms with Gasteiger partial charge in [-0.2, -0.15) is 5.10 Å². The van der Waals surface area contributed by atoms with Crippen molar-refractivity contribution in [3.05, 3.63) is 87.7 Å². The minimum absolute atomic E-state index is 0.00972. The molecule has 1 aliphatic heterocycles. The molecule has 1 aliphatic rings. The predicted octanol–water partition coefficient (Wildman–Crippen LogP) is 4.12. The third-order valence-electron chi connectivity index (χ3n) is 6.50. The first kappa shape index (κ1) is 27.9. The highest BCUT2D eigenvalue weighted by Gasteiger charge is 2.30. The number of aryl methyl sites for hydroxylation is 2. The summed E-state index contributed by atoms with van der Waals surface area (Å²) >= 11 is 7.52. The first-order chi connectivity index (χ1) is 20.1. The van der Waals surface area contributed by atoms with Crippen LogP contribution in [-0.4, -0.2) is 49.4 Å². The number of hydrogen-bond acceptors (Lipinski definition) is 9. The van der Waals surface area contributed by atoms with Gasteiger partial charge in [0.25, 0.3) is 15.6 Å². The Bertz CT molecular complexity index is 2010. The first-order valence-corrected chi connectivity index (χ1v) is 15.6. The van der Waals surface area contributed by atoms with Crippen LogP contribution in [0.4, 0.5) is 11.5 Å². The van der Waals surface area contributed by atoms with Crippen molar-refractivity contribution in [2.24, 2.45) is 0 Å². The molecule has 0 radical (unpaired) electrons. The normalized spacial score (nSPS) is 14.6. The molecule has 0 saturated heterocycles. The number of carbonyl (C=O) groups excluding carboxylic acids is 1. The summed E-state index contributed by atoms with van der Waals surface area (Å²) in [5.41, 5.74) is 1.88. The minimum Gasteiger partial charge on any atom is -0.326 e. The average molecular weight is 623 g/mol. The highest BCUT2D eigenvalue weighted by Crippen LogP contribution is 2.34. The van der Waals surface area contributed by atoms with Crippen LogP contribution in [0, 0.1) is 13.8 Å². The van der Waals surface area contributed by atoms with E-state index >= 15 is 0 Å². The zero-order valence-corrected chi connectivity index (χ0v) is 24.7. The number of aromatic nitrogens is 6. The fraction of sp³-hybridized carbons (Fsp3) is 0.185. The summed E-state index contributed by atoms with van der Waals surface area (Å²) < 4.78 is 31.2. The quantitative estimate of drug-likeness (QED) is 0.255. The number of amides is 1. The summed E-state index contributed by atoms with van der Waals surface area (Å²) in [6, 6.07) is 14.0. The molecule has 5 aromatic rings. The van der Waals surface area contributed by atoms with Gasteiger partial charge in [-0.1, -0.05) is 29.4 Å². The zero-order chi connectivity index (χ0) is 29.6. The third kappa shape index (κ3) is 5.47. The SMILES string of the molecule is Cc1cc(NS(=O)(=O)c2ccc(NC(=O)CC3CSc4nc5c(cnn5-c5cccc(Cl)c5)c(=O)n43)cc2)nc(C)n1. The number of fused-ring (bicyclic) bond motifs is 2. The molecular weight excluding hydrogens is 600 g/mol. The molecule has 214 valence electrons. The number of rotatable bonds is 7. The van der Waals surface area contributed by atoms with E-state index in [0.29, 0.717) is 49.9 Å². The smallest absolute Gasteiger partial charge is 0.265 e. The molecule has 42 heavy (non-hydrogen) atoms. The molecule has 0 saturated carbocycles. The molecule has 15 heteroatoms. The summed E-state index contributed by atoms with van der Waals surface area (Å²) in [5.74, 6) is 0.795. The van der Waals surface area contributed by atoms with Crippen LogP contribution in [0.5, 0.6) is 0 Å². The van der Waals surface area contributed by atoms with Crippen molar-refractivity contribution in [1.29, 1.82) is 0 Å². The molecule has 3 aromatic heterocycles. The van der Waals surface area contributed by atoms with Gasteiger partial charge in [0.2, 0.25) is 5.91 Å². The van der Waals surface area contributed by atoms with Crippen LogP contribution in [-0.2, 0) is 14.8 Å². The highest BCUT2D eigenvalue weighted by atomic mass is 35.5. The summed E-state index contributed by atoms with van der Waals surface area (Å²) in [6.07, 6.45) is 1.50. The molecular formula is C27H23ClN8O4S2. The lowest BCUT2D eigenvalue weighted by Crippen LogP contribution is -2.27. The minimum atomic E-state index is -3.90. The van der Waals surface area contributed by atoms with E-state index < -0.39 is 16.1 Å². The van der Waals surface area contributed by atoms with E-state index in [1.807, 2.05) is 6.07 Å². The number of benzene rings is 2. The topological polar surface area (TPSA) is 154 Å². The molecule has 2 N–H and O–H groups in total. The standard InChI is InChI=1S/C27H23ClN8O4S2/c1-15-10-23(31-16(2)30-15)34-42(39,40)21-8-6-18(7-9-21)32-24(37)12-20-14-41-27-33-25-22(26(38)35(20)27)13-29-36(25)19-5-3-4-17(28)11-19/h3-11,13,20H,12,14H2,1-2H3,(H,32,37)(H,30,31,34). The van der Waals surface area contributed by atoms with Gasteiger partial charge in [-0.15, -0.1) is 0 Å². The number of nitrogens with zero attached hydrogens (tertiary/aromatic N) is 6. The second-order valence-electron chi connectivity index (χ2n) is 9.63. The van der Waals surface area contributed by atoms with Crippen LogP contribution in [0.2, 0.25) is 5.02 Å². The molecule has 0 spiro atoms. The second kappa shape index (κ2) is 10.9. The van der Waals surface area contributed by atoms with Crippen LogP contribution in [0.1, 0.15) is 24.0 Å². The van der Waals surface area contributed by atoms with E-state index in [-0.39, 0.29) is 28.6 Å². The Balaban J connectivity index is 1.16. The van der Waals surface area contributed by atoms with Crippen LogP contribution in [0.3, 0.4) is 0 Å². The van der Waals surface area contributed by atoms with Crippen LogP contribution >= 0.6 is 23.4 Å². The first-order valence-electron chi connectivity index (χ1n) is 12.7. The number of halogens is 1. The Morgan fingerprint density at radius 2 is 1.88 bits per heavy atom. The number of anilines is 2. The van der Waals surface area contributed by atoms with Gasteiger partial charge in [-0.3, -0.25) is 18.9 Å². The van der Waals surface area contributed by atoms with Gasteiger partial charge in [-0.05, 0) is 56.3 Å². The lowest BCUT2D eigenvalue weighted by atomic mass is 10.2. The van der Waals surface area contributed by atoms with Crippen molar-refractivity contribution in [3.63, 3.8) is 0 Å². The van der Waals surface area contributed by atoms with E-state index in [0.717, 1.165) is 0 Å². The van der Waals surface area contributed by atoms with Gasteiger partial charge in [-0.25, -0.2) is 28.1 Å². The van der Waals surface area contributed by atoms with Gasteiger partial charge in [0.1, 0.15) is 17.0 Å². The number of nitrogens with one attached hydrogen (secondary N) is 2. The van der Waals surface area contributed by atoms with Crippen LogP contribution in [0.25, 0.3) is 16.7 Å². The lowest BCUT2D eigenvalue weighted by molar-refractivity contribution is -0.116. The van der Waals surface area contributed by atoms with E-state index in [1.165, 1.54) is 52.9 Å². The van der Waals surface area contributed by atoms with E-state index in [4.69, 9.17) is 11.6 Å². The molecule has 0 fully saturated rings. The number of hydrogen-bond donors (Lipinski definition) is 2. The summed E-state index contributed by atoms with van der Waals surface area (Å²) in [7, 11) is -3.90. The average Bonchev–Trinajstić information content (AvgIpc) is 3.53. The van der Waals surface area contributed by atoms with Crippen LogP contribution in [0.15, 0.2) is 75.6 Å². The van der Waals surface area contributed by atoms with E-state index in [1.54, 1.807) is 36.7 Å². The molecule has 12 nitrogen and oxygen atoms in total. The Kier molecular flexibility index (Phi) is 7.20. The summed E-state index contributed by atoms with van der Waals surface area (Å²) in [5, 5.41) is 8.51. The maximum Gasteiger partial charge on any atom is 0.265 e. The molecule has 1 unspecified atom stereocenters. The predicted molar refractivity (Wildman–Crippen MR) is 160 cm³/mol. The number of thioether (sulfide) groups is 1. The Labute approximate surface area is 249 Å². The largest absolute Gasteiger partial charge is 0.326 e. The van der Waals surface area contributed by atoms with Gasteiger partial charge in [0.05, 0.1) is 22.8 Å². The Morgan fingerprint density at radius 3 is 2.62 bits per heavy atom. The maximum atomic E-state index is 13.4. The van der Waals surface area contributed by atoms with Crippen molar-refractivity contribution >= 4 is 61.8 Å². The van der Waals surface area contributed by atoms with Crippen molar-refractivity contribution in [3.8, 4) is 5.69 Å². The fourth-order valence-electron chi connectivity index (χ4n) is 4.69. The van der Waals surface area contributed by atoms with Gasteiger partial charge in [0.15, 0.2) is 10.8 Å². The lowest BCUT2D eigenvalue weighted by Gasteiger charge is -2.14. The number of sulfonamides is 1. The third-order valence-corrected chi connectivity index (χ3v) is 9.20. The zero-order valence-electron chi connectivity index (χ0n) is 22.3. The van der Waals surface area contributed by atoms with Gasteiger partial charge >= 0.3 is 0 Å². The van der Waals surface area contributed by atoms with E-state index in [9.17, 15) is 18.0 Å². The Hall–Kier alpha value is -4.27. The molecule has 1 amide bonds. The van der Waals surface area contributed by atoms with Crippen LogP contribution < -0.4 is 15.6 Å². The Morgan fingerprint density at radius 1 is 1.10 bits per heavy atom. The van der Waals surface area contributed by atoms with Crippen molar-refractivity contribution < 1.29 is 13.2 Å². The molecule has 4 heterocycles. The fourth-order valence-corrected chi connectivity index (χ4v) is 6.99. The maximum absolute atomic E-state index is 13.4. The van der Waals surface area contributed by atoms with Gasteiger partial charge < -0.3 is 5.32 Å². The highest BCUT2D eigenvalue weighted by molar-refractivity contribution is 7.99. The second-order valence-corrected chi connectivity index (χ2v) is 12.7. The summed E-state index contributed by atoms with van der Waals surface area (Å²) in [6.45, 7) is 3.42. The number of carbonyl (C=O) groups is 1. The monoisotopic (exact) mass is 622 g/mol. The van der Waals surface area contributed by atoms with Gasteiger partial charge in [0, 0.05) is 34.6 Å².